The average molecular weight is 1140 g/mol. The third-order valence-corrected chi connectivity index (χ3v) is 14.2. The molecule has 0 fully saturated rings. The predicted octanol–water partition coefficient (Wildman–Crippen LogP) is 24.1. The Kier molecular flexibility index (Phi) is 4.75. The summed E-state index contributed by atoms with van der Waals surface area (Å²) in [4.78, 5) is 0. The molecule has 0 N–H and O–H groups in total. The molecule has 0 aliphatic rings. The second-order valence-electron chi connectivity index (χ2n) is 18.6. The summed E-state index contributed by atoms with van der Waals surface area (Å²) < 4.78 is 469. The van der Waals surface area contributed by atoms with Crippen LogP contribution in [0.3, 0.4) is 0 Å². The zero-order chi connectivity index (χ0) is 101. The van der Waals surface area contributed by atoms with Crippen LogP contribution < -0.4 is 0 Å². The lowest BCUT2D eigenvalue weighted by Crippen LogP contribution is -1.93. The molecule has 0 saturated heterocycles. The molecule has 18 aromatic rings. The van der Waals surface area contributed by atoms with Crippen molar-refractivity contribution in [3.63, 3.8) is 0 Å². The van der Waals surface area contributed by atoms with Crippen molar-refractivity contribution in [1.82, 2.24) is 0 Å². The molecule has 0 atom stereocenters. The van der Waals surface area contributed by atoms with Crippen molar-refractivity contribution >= 4 is 109 Å². The van der Waals surface area contributed by atoms with Crippen molar-refractivity contribution in [2.75, 3.05) is 0 Å². The molecule has 18 rings (SSSR count). The number of rotatable bonds is 6. The van der Waals surface area contributed by atoms with E-state index in [0.717, 1.165) is 6.07 Å². The van der Waals surface area contributed by atoms with Gasteiger partial charge in [-0.25, -0.2) is 0 Å². The van der Waals surface area contributed by atoms with Gasteiger partial charge < -0.3 is 8.83 Å². The van der Waals surface area contributed by atoms with Gasteiger partial charge in [0.15, 0.2) is 0 Å². The summed E-state index contributed by atoms with van der Waals surface area (Å²) in [5, 5.41) is -10.4. The van der Waals surface area contributed by atoms with Crippen LogP contribution in [-0.4, -0.2) is 0 Å². The second kappa shape index (κ2) is 20.2. The van der Waals surface area contributed by atoms with Crippen LogP contribution in [0.25, 0.3) is 175 Å². The number of hydrogen-bond acceptors (Lipinski definition) is 2. The van der Waals surface area contributed by atoms with Crippen LogP contribution in [0, 0.1) is 0 Å². The molecule has 2 nitrogen and oxygen atoms in total. The molecule has 2 aromatic heterocycles. The van der Waals surface area contributed by atoms with Gasteiger partial charge in [0.25, 0.3) is 0 Å². The van der Waals surface area contributed by atoms with E-state index >= 15 is 0 Å². The van der Waals surface area contributed by atoms with Gasteiger partial charge in [-0.05, 0) is 156 Å². The minimum Gasteiger partial charge on any atom is -0.456 e. The summed E-state index contributed by atoms with van der Waals surface area (Å²) in [7, 11) is 0. The van der Waals surface area contributed by atoms with E-state index < -0.39 is 483 Å². The SMILES string of the molecule is [2H]c1c([2H])c([2H])c2c(oc3c([2H])c([2H])c([2H])c(-c4c5c([2H])c([2H])c([2H])c([2H])c5c(-c5c([2H])c([2H])c(-c6c([2H])c([2H])c([2H])c7c([2H])c([2H])c([2H])c([2H])c67)c6c([2H])c([2H])c([2H])c([2H])c56)c5c([2H])c([2H])c([2H])c([2H])c45)c32)c1[2H].[2H]c1cc(-c2c([2H])c([2H])c([2H])c([2H])c2[2H])c(-c2c3c([2H])c([2H])c([2H])c([2H])c3c(-c3c([2H])c([2H])c([2H])c4oc5c([2H])c([2H])c([2H])c([2H])c5c34)c3c([2H])c([2H])c([2H])c([2H])c23)c([2H])c1[2H]. The van der Waals surface area contributed by atoms with E-state index in [1.54, 1.807) is 0 Å². The van der Waals surface area contributed by atoms with Gasteiger partial charge in [0.2, 0.25) is 0 Å². The van der Waals surface area contributed by atoms with Gasteiger partial charge in [-0.15, -0.1) is 0 Å². The lowest BCUT2D eigenvalue weighted by molar-refractivity contribution is 0.668. The maximum Gasteiger partial charge on any atom is 0.136 e. The maximum atomic E-state index is 9.92. The first-order valence-electron chi connectivity index (χ1n) is 50.9. The Morgan fingerprint density at radius 3 is 1.01 bits per heavy atom. The summed E-state index contributed by atoms with van der Waals surface area (Å²) >= 11 is 0. The van der Waals surface area contributed by atoms with Crippen molar-refractivity contribution in [1.29, 1.82) is 0 Å². The molecule has 0 amide bonds. The topological polar surface area (TPSA) is 26.3 Å². The smallest absolute Gasteiger partial charge is 0.136 e. The zero-order valence-electron chi connectivity index (χ0n) is 93.9. The number of benzene rings is 16. The molecule has 0 bridgehead atoms. The van der Waals surface area contributed by atoms with E-state index in [-0.39, 0.29) is 0 Å². The number of para-hydroxylation sites is 2. The minimum absolute atomic E-state index is 0.433. The molecule has 0 spiro atoms. The van der Waals surface area contributed by atoms with Gasteiger partial charge in [-0.2, -0.15) is 0 Å². The third-order valence-electron chi connectivity index (χ3n) is 14.2. The number of fused-ring (bicyclic) bond motifs is 12. The normalized spacial score (nSPS) is 20.0. The molecule has 0 radical (unpaired) electrons. The van der Waals surface area contributed by atoms with E-state index in [9.17, 15) is 21.9 Å². The minimum atomic E-state index is -1.13. The fraction of sp³-hybridized carbons (Fsp3) is 0. The Balaban J connectivity index is 0.000000193. The highest BCUT2D eigenvalue weighted by Crippen LogP contribution is 2.51. The lowest BCUT2D eigenvalue weighted by Gasteiger charge is -2.20. The molecular formula is C84H52O2. The van der Waals surface area contributed by atoms with Gasteiger partial charge in [0.05, 0.1) is 69.9 Å². The van der Waals surface area contributed by atoms with Crippen LogP contribution >= 0.6 is 0 Å². The molecule has 16 aromatic carbocycles. The molecule has 0 unspecified atom stereocenters. The Hall–Kier alpha value is -11.3. The first-order chi connectivity index (χ1) is 63.9. The van der Waals surface area contributed by atoms with E-state index in [4.69, 9.17) is 56.8 Å². The molecule has 0 aliphatic carbocycles. The van der Waals surface area contributed by atoms with Crippen LogP contribution in [0.5, 0.6) is 0 Å². The zero-order valence-corrected chi connectivity index (χ0v) is 42.9. The molecule has 0 saturated carbocycles. The maximum absolute atomic E-state index is 9.92. The largest absolute Gasteiger partial charge is 0.456 e. The van der Waals surface area contributed by atoms with Gasteiger partial charge in [-0.3, -0.25) is 0 Å². The van der Waals surface area contributed by atoms with E-state index in [0.29, 0.717) is 0 Å². The molecule has 400 valence electrons. The van der Waals surface area contributed by atoms with Gasteiger partial charge in [0.1, 0.15) is 22.3 Å². The van der Waals surface area contributed by atoms with Crippen LogP contribution in [0.2, 0.25) is 0 Å². The van der Waals surface area contributed by atoms with E-state index in [2.05, 4.69) is 0 Å². The molecule has 2 heteroatoms. The summed E-state index contributed by atoms with van der Waals surface area (Å²) in [5.41, 5.74) is -10.4. The highest BCUT2D eigenvalue weighted by molar-refractivity contribution is 6.29. The Morgan fingerprint density at radius 1 is 0.186 bits per heavy atom. The summed E-state index contributed by atoms with van der Waals surface area (Å²) in [5.74, 6) is 0. The molecule has 0 aliphatic heterocycles. The highest BCUT2D eigenvalue weighted by Gasteiger charge is 2.24. The molecular weight excluding hydrogens is 1040 g/mol. The summed E-state index contributed by atoms with van der Waals surface area (Å²) in [6.45, 7) is 0. The van der Waals surface area contributed by atoms with Gasteiger partial charge >= 0.3 is 0 Å². The predicted molar refractivity (Wildman–Crippen MR) is 365 cm³/mol. The van der Waals surface area contributed by atoms with Crippen LogP contribution in [0.15, 0.2) is 323 Å². The van der Waals surface area contributed by atoms with Crippen molar-refractivity contribution in [3.05, 3.63) is 314 Å². The summed E-state index contributed by atoms with van der Waals surface area (Å²) in [6.07, 6.45) is 0. The first kappa shape index (κ1) is 20.2. The second-order valence-corrected chi connectivity index (χ2v) is 18.6. The monoisotopic (exact) mass is 1140 g/mol. The van der Waals surface area contributed by atoms with E-state index in [1.165, 1.54) is 0 Å². The average Bonchev–Trinajstić information content (AvgIpc) is 1.56. The highest BCUT2D eigenvalue weighted by atomic mass is 16.3. The van der Waals surface area contributed by atoms with Crippen molar-refractivity contribution in [2.24, 2.45) is 0 Å². The van der Waals surface area contributed by atoms with Crippen molar-refractivity contribution in [3.8, 4) is 66.8 Å². The Bertz CT molecular complexity index is 8700. The number of hydrogen-bond donors (Lipinski definition) is 0. The van der Waals surface area contributed by atoms with Crippen LogP contribution in [0.1, 0.15) is 69.9 Å². The standard InChI is InChI=1S/C46H28O.C38H24O/c1-2-15-30-29(13-1)14-11-23-31(30)34-27-28-39(33-17-4-3-16-32(33)34)44-35-18-5-7-20-37(35)45(38-21-8-6-19-36(38)44)41-24-12-26-43-46(41)40-22-9-10-25-42(40)47-43;1-2-13-25(14-3-1)26-15-4-5-16-27(26)36-28-17-6-8-19-30(28)37(31-20-9-7-18-29(31)36)33-22-12-24-35-38(33)32-21-10-11-23-34(32)39-35/h1-28H;1-24H/i1D,2D,3D,4D,5D,6D,7D,8D,9D,10D,11D,12D,13D,14D,15D,16D,17D,18D,19D,20D,21D,22D,23D,24D,25D,26D,27D,28D;1D,2D,3D,4D,5D,6D,7D,8D,9D,10D,11D,12D,13D,14D,16D,17D,18D,19D,20D,21D,22D,23D,24D. The van der Waals surface area contributed by atoms with Gasteiger partial charge in [-0.1, -0.05) is 290 Å². The first-order valence-corrected chi connectivity index (χ1v) is 25.4. The van der Waals surface area contributed by atoms with Crippen molar-refractivity contribution in [2.45, 2.75) is 0 Å². The summed E-state index contributed by atoms with van der Waals surface area (Å²) in [6, 6.07) is -45.4. The fourth-order valence-corrected chi connectivity index (χ4v) is 10.8. The van der Waals surface area contributed by atoms with Crippen LogP contribution in [0.4, 0.5) is 0 Å². The van der Waals surface area contributed by atoms with Gasteiger partial charge in [0, 0.05) is 21.5 Å². The van der Waals surface area contributed by atoms with Crippen LogP contribution in [-0.2, 0) is 0 Å². The lowest BCUT2D eigenvalue weighted by atomic mass is 9.83. The quantitative estimate of drug-likeness (QED) is 0.155. The third kappa shape index (κ3) is 7.81. The Morgan fingerprint density at radius 2 is 0.500 bits per heavy atom. The number of furan rings is 2. The molecule has 86 heavy (non-hydrogen) atoms. The fourth-order valence-electron chi connectivity index (χ4n) is 10.8. The van der Waals surface area contributed by atoms with E-state index in [1.807, 2.05) is 0 Å². The molecule has 2 heterocycles. The van der Waals surface area contributed by atoms with Crippen molar-refractivity contribution < 1.29 is 78.7 Å². The Labute approximate surface area is 568 Å².